The van der Waals surface area contributed by atoms with Crippen LogP contribution in [0.2, 0.25) is 5.02 Å². The third kappa shape index (κ3) is 4.22. The molecule has 36 heavy (non-hydrogen) atoms. The van der Waals surface area contributed by atoms with Gasteiger partial charge in [0.25, 0.3) is 5.91 Å². The Balaban J connectivity index is 1.62. The van der Waals surface area contributed by atoms with Crippen LogP contribution < -0.4 is 15.4 Å². The maximum atomic E-state index is 13.7. The number of benzene rings is 3. The lowest BCUT2D eigenvalue weighted by atomic mass is 9.95. The Kier molecular flexibility index (Phi) is 6.24. The number of carbonyl (C=O) groups is 1. The van der Waals surface area contributed by atoms with Crippen molar-refractivity contribution in [2.45, 2.75) is 26.8 Å². The molecule has 182 valence electrons. The van der Waals surface area contributed by atoms with E-state index in [0.29, 0.717) is 39.5 Å². The van der Waals surface area contributed by atoms with E-state index >= 15 is 0 Å². The number of nitrogens with zero attached hydrogens (tertiary/aromatic N) is 3. The van der Waals surface area contributed by atoms with E-state index in [1.165, 1.54) is 5.56 Å². The van der Waals surface area contributed by atoms with Crippen molar-refractivity contribution in [3.05, 3.63) is 99.7 Å². The second-order valence-corrected chi connectivity index (χ2v) is 9.15. The lowest BCUT2D eigenvalue weighted by Gasteiger charge is -2.29. The van der Waals surface area contributed by atoms with Gasteiger partial charge in [-0.05, 0) is 56.2 Å². The van der Waals surface area contributed by atoms with Crippen molar-refractivity contribution in [1.82, 2.24) is 14.8 Å². The molecule has 1 amide bonds. The third-order valence-electron chi connectivity index (χ3n) is 6.42. The maximum Gasteiger partial charge on any atom is 0.255 e. The highest BCUT2D eigenvalue weighted by Crippen LogP contribution is 2.39. The SMILES string of the molecule is COc1ccccc1NC(=O)C1=C(C)Nc2nc(-c3ccc(C)c(C)c3)nn2C1c1ccccc1Cl. The summed E-state index contributed by atoms with van der Waals surface area (Å²) in [5.41, 5.74) is 5.73. The number of nitrogens with one attached hydrogen (secondary N) is 2. The Hall–Kier alpha value is -4.10. The number of hydrogen-bond acceptors (Lipinski definition) is 5. The number of aryl methyl sites for hydroxylation is 2. The van der Waals surface area contributed by atoms with E-state index in [1.807, 2.05) is 49.4 Å². The van der Waals surface area contributed by atoms with E-state index in [-0.39, 0.29) is 5.91 Å². The number of carbonyl (C=O) groups excluding carboxylic acids is 1. The minimum atomic E-state index is -0.586. The number of aromatic nitrogens is 3. The Morgan fingerprint density at radius 1 is 1.03 bits per heavy atom. The smallest absolute Gasteiger partial charge is 0.255 e. The van der Waals surface area contributed by atoms with Crippen LogP contribution in [0.3, 0.4) is 0 Å². The van der Waals surface area contributed by atoms with E-state index in [9.17, 15) is 4.79 Å². The van der Waals surface area contributed by atoms with Gasteiger partial charge in [-0.2, -0.15) is 4.98 Å². The van der Waals surface area contributed by atoms with Crippen LogP contribution in [0.25, 0.3) is 11.4 Å². The van der Waals surface area contributed by atoms with Crippen molar-refractivity contribution in [2.75, 3.05) is 17.7 Å². The highest BCUT2D eigenvalue weighted by Gasteiger charge is 2.35. The first-order valence-electron chi connectivity index (χ1n) is 11.6. The summed E-state index contributed by atoms with van der Waals surface area (Å²) in [6, 6.07) is 20.3. The Labute approximate surface area is 214 Å². The number of allylic oxidation sites excluding steroid dienone is 1. The summed E-state index contributed by atoms with van der Waals surface area (Å²) in [5, 5.41) is 11.7. The van der Waals surface area contributed by atoms with Crippen LogP contribution in [0.1, 0.15) is 29.7 Å². The van der Waals surface area contributed by atoms with Gasteiger partial charge in [-0.25, -0.2) is 4.68 Å². The van der Waals surface area contributed by atoms with Crippen LogP contribution in [0.4, 0.5) is 11.6 Å². The van der Waals surface area contributed by atoms with Crippen LogP contribution in [0.15, 0.2) is 78.0 Å². The Morgan fingerprint density at radius 2 is 1.78 bits per heavy atom. The molecule has 4 aromatic rings. The van der Waals surface area contributed by atoms with Crippen molar-refractivity contribution in [3.8, 4) is 17.1 Å². The van der Waals surface area contributed by atoms with E-state index in [1.54, 1.807) is 23.9 Å². The fourth-order valence-corrected chi connectivity index (χ4v) is 4.61. The van der Waals surface area contributed by atoms with Crippen molar-refractivity contribution < 1.29 is 9.53 Å². The molecule has 1 atom stereocenters. The van der Waals surface area contributed by atoms with Gasteiger partial charge >= 0.3 is 0 Å². The zero-order chi connectivity index (χ0) is 25.4. The Morgan fingerprint density at radius 3 is 2.53 bits per heavy atom. The average Bonchev–Trinajstić information content (AvgIpc) is 3.29. The van der Waals surface area contributed by atoms with E-state index in [0.717, 1.165) is 16.7 Å². The largest absolute Gasteiger partial charge is 0.495 e. The minimum absolute atomic E-state index is 0.289. The number of fused-ring (bicyclic) bond motifs is 1. The van der Waals surface area contributed by atoms with Crippen molar-refractivity contribution in [2.24, 2.45) is 0 Å². The molecule has 5 rings (SSSR count). The first-order chi connectivity index (χ1) is 17.4. The summed E-state index contributed by atoms with van der Waals surface area (Å²) in [4.78, 5) is 18.5. The molecule has 0 aliphatic carbocycles. The van der Waals surface area contributed by atoms with Crippen molar-refractivity contribution in [1.29, 1.82) is 0 Å². The number of ether oxygens (including phenoxy) is 1. The number of rotatable bonds is 5. The second kappa shape index (κ2) is 9.51. The van der Waals surface area contributed by atoms with Gasteiger partial charge < -0.3 is 15.4 Å². The highest BCUT2D eigenvalue weighted by atomic mass is 35.5. The van der Waals surface area contributed by atoms with Gasteiger partial charge in [-0.3, -0.25) is 4.79 Å². The highest BCUT2D eigenvalue weighted by molar-refractivity contribution is 6.31. The second-order valence-electron chi connectivity index (χ2n) is 8.74. The normalized spacial score (nSPS) is 14.8. The summed E-state index contributed by atoms with van der Waals surface area (Å²) in [6.45, 7) is 5.99. The van der Waals surface area contributed by atoms with Gasteiger partial charge in [0.2, 0.25) is 5.95 Å². The van der Waals surface area contributed by atoms with Gasteiger partial charge in [-0.1, -0.05) is 54.1 Å². The molecule has 3 aromatic carbocycles. The molecule has 2 N–H and O–H groups in total. The monoisotopic (exact) mass is 499 g/mol. The zero-order valence-corrected chi connectivity index (χ0v) is 21.2. The van der Waals surface area contributed by atoms with Gasteiger partial charge in [0.1, 0.15) is 11.8 Å². The predicted octanol–water partition coefficient (Wildman–Crippen LogP) is 6.15. The molecule has 8 heteroatoms. The summed E-state index contributed by atoms with van der Waals surface area (Å²) < 4.78 is 7.15. The molecule has 0 bridgehead atoms. The van der Waals surface area contributed by atoms with Crippen LogP contribution in [-0.2, 0) is 4.79 Å². The molecule has 1 unspecified atom stereocenters. The van der Waals surface area contributed by atoms with E-state index < -0.39 is 6.04 Å². The molecule has 1 aromatic heterocycles. The molecule has 2 heterocycles. The molecule has 0 saturated heterocycles. The van der Waals surface area contributed by atoms with Crippen LogP contribution >= 0.6 is 11.6 Å². The number of halogens is 1. The molecule has 0 saturated carbocycles. The van der Waals surface area contributed by atoms with Crippen LogP contribution in [0.5, 0.6) is 5.75 Å². The van der Waals surface area contributed by atoms with E-state index in [2.05, 4.69) is 36.6 Å². The molecule has 1 aliphatic heterocycles. The molecule has 0 radical (unpaired) electrons. The summed E-state index contributed by atoms with van der Waals surface area (Å²) in [5.74, 6) is 1.39. The number of hydrogen-bond donors (Lipinski definition) is 2. The topological polar surface area (TPSA) is 81.1 Å². The van der Waals surface area contributed by atoms with Gasteiger partial charge in [0.05, 0.1) is 18.4 Å². The Bertz CT molecular complexity index is 1510. The van der Waals surface area contributed by atoms with Crippen molar-refractivity contribution in [3.63, 3.8) is 0 Å². The fourth-order valence-electron chi connectivity index (χ4n) is 4.37. The van der Waals surface area contributed by atoms with Crippen LogP contribution in [-0.4, -0.2) is 27.8 Å². The average molecular weight is 500 g/mol. The number of para-hydroxylation sites is 2. The lowest BCUT2D eigenvalue weighted by Crippen LogP contribution is -2.31. The van der Waals surface area contributed by atoms with Gasteiger partial charge in [-0.15, -0.1) is 5.10 Å². The van der Waals surface area contributed by atoms with Gasteiger partial charge in [0.15, 0.2) is 5.82 Å². The third-order valence-corrected chi connectivity index (χ3v) is 6.76. The summed E-state index contributed by atoms with van der Waals surface area (Å²) in [6.07, 6.45) is 0. The number of methoxy groups -OCH3 is 1. The summed E-state index contributed by atoms with van der Waals surface area (Å²) in [7, 11) is 1.57. The lowest BCUT2D eigenvalue weighted by molar-refractivity contribution is -0.113. The maximum absolute atomic E-state index is 13.7. The van der Waals surface area contributed by atoms with Gasteiger partial charge in [0, 0.05) is 21.8 Å². The number of amides is 1. The number of anilines is 2. The fraction of sp³-hybridized carbons (Fsp3) is 0.179. The first kappa shape index (κ1) is 23.6. The summed E-state index contributed by atoms with van der Waals surface area (Å²) >= 11 is 6.66. The minimum Gasteiger partial charge on any atom is -0.495 e. The quantitative estimate of drug-likeness (QED) is 0.344. The molecule has 0 fully saturated rings. The zero-order valence-electron chi connectivity index (χ0n) is 20.5. The molecular formula is C28H26ClN5O2. The first-order valence-corrected chi connectivity index (χ1v) is 12.0. The predicted molar refractivity (Wildman–Crippen MR) is 142 cm³/mol. The molecular weight excluding hydrogens is 474 g/mol. The molecule has 0 spiro atoms. The van der Waals surface area contributed by atoms with E-state index in [4.69, 9.17) is 26.4 Å². The molecule has 1 aliphatic rings. The molecule has 7 nitrogen and oxygen atoms in total. The van der Waals surface area contributed by atoms with Crippen molar-refractivity contribution >= 4 is 29.1 Å². The van der Waals surface area contributed by atoms with Crippen LogP contribution in [0, 0.1) is 13.8 Å². The standard InChI is InChI=1S/C28H26ClN5O2/c1-16-13-14-19(15-17(16)2)26-32-28-30-18(3)24(27(35)31-22-11-7-8-12-23(22)36-4)25(34(28)33-26)20-9-5-6-10-21(20)29/h5-15,25H,1-4H3,(H,31,35)(H,30,32,33).